The van der Waals surface area contributed by atoms with Gasteiger partial charge in [-0.2, -0.15) is 0 Å². The van der Waals surface area contributed by atoms with Crippen molar-refractivity contribution >= 4 is 17.6 Å². The number of nitro benzene ring substituents is 1. The van der Waals surface area contributed by atoms with Crippen molar-refractivity contribution in [3.63, 3.8) is 0 Å². The lowest BCUT2D eigenvalue weighted by Gasteiger charge is -2.27. The van der Waals surface area contributed by atoms with Gasteiger partial charge >= 0.3 is 5.97 Å². The summed E-state index contributed by atoms with van der Waals surface area (Å²) in [5, 5.41) is 13.5. The van der Waals surface area contributed by atoms with Gasteiger partial charge in [0.05, 0.1) is 18.1 Å². The van der Waals surface area contributed by atoms with Gasteiger partial charge in [0.25, 0.3) is 11.6 Å². The number of amides is 1. The topological polar surface area (TPSA) is 98.5 Å². The van der Waals surface area contributed by atoms with Gasteiger partial charge < -0.3 is 10.1 Å². The van der Waals surface area contributed by atoms with E-state index in [2.05, 4.69) is 5.32 Å². The number of nitrogens with one attached hydrogen (secondary N) is 1. The molecule has 0 radical (unpaired) electrons. The first-order valence-electron chi connectivity index (χ1n) is 6.74. The third-order valence-electron chi connectivity index (χ3n) is 3.79. The van der Waals surface area contributed by atoms with Crippen molar-refractivity contribution < 1.29 is 23.6 Å². The van der Waals surface area contributed by atoms with Gasteiger partial charge in [-0.15, -0.1) is 0 Å². The van der Waals surface area contributed by atoms with Crippen LogP contribution in [0, 0.1) is 15.9 Å². The van der Waals surface area contributed by atoms with Crippen molar-refractivity contribution in [3.05, 3.63) is 39.7 Å². The Morgan fingerprint density at radius 1 is 1.36 bits per heavy atom. The highest BCUT2D eigenvalue weighted by molar-refractivity contribution is 6.01. The Hall–Kier alpha value is -2.51. The summed E-state index contributed by atoms with van der Waals surface area (Å²) < 4.78 is 17.8. The van der Waals surface area contributed by atoms with Crippen LogP contribution in [0.15, 0.2) is 18.2 Å². The number of carbonyl (C=O) groups excluding carboxylic acids is 2. The Labute approximate surface area is 125 Å². The predicted molar refractivity (Wildman–Crippen MR) is 73.7 cm³/mol. The first-order chi connectivity index (χ1) is 10.4. The number of hydrogen-bond donors (Lipinski definition) is 1. The average Bonchev–Trinajstić information content (AvgIpc) is 2.95. The quantitative estimate of drug-likeness (QED) is 0.520. The van der Waals surface area contributed by atoms with Gasteiger partial charge in [0.15, 0.2) is 0 Å². The summed E-state index contributed by atoms with van der Waals surface area (Å²) in [5.41, 5.74) is -2.11. The molecular weight excluding hydrogens is 295 g/mol. The maximum Gasteiger partial charge on any atom is 0.331 e. The molecule has 8 heteroatoms. The SMILES string of the molecule is COC(=O)C1(NC(=O)c2ccc(F)cc2[N+](=O)[O-])CCCC1. The number of carbonyl (C=O) groups is 2. The molecule has 0 aromatic heterocycles. The second-order valence-corrected chi connectivity index (χ2v) is 5.15. The van der Waals surface area contributed by atoms with Crippen molar-refractivity contribution in [2.24, 2.45) is 0 Å². The lowest BCUT2D eigenvalue weighted by atomic mass is 9.97. The van der Waals surface area contributed by atoms with Gasteiger partial charge in [0, 0.05) is 0 Å². The minimum Gasteiger partial charge on any atom is -0.467 e. The zero-order valence-electron chi connectivity index (χ0n) is 11.9. The minimum absolute atomic E-state index is 0.290. The zero-order chi connectivity index (χ0) is 16.3. The highest BCUT2D eigenvalue weighted by atomic mass is 19.1. The molecule has 0 bridgehead atoms. The van der Waals surface area contributed by atoms with Crippen molar-refractivity contribution in [2.75, 3.05) is 7.11 Å². The summed E-state index contributed by atoms with van der Waals surface area (Å²) in [6.07, 6.45) is 2.28. The molecule has 1 aromatic carbocycles. The number of nitro groups is 1. The third kappa shape index (κ3) is 2.90. The predicted octanol–water partition coefficient (Wildman–Crippen LogP) is 1.95. The molecule has 0 unspecified atom stereocenters. The van der Waals surface area contributed by atoms with E-state index in [0.29, 0.717) is 18.9 Å². The molecule has 0 spiro atoms. The molecule has 0 saturated heterocycles. The van der Waals surface area contributed by atoms with Gasteiger partial charge in [-0.3, -0.25) is 14.9 Å². The van der Waals surface area contributed by atoms with Crippen LogP contribution in [-0.4, -0.2) is 29.4 Å². The number of hydrogen-bond acceptors (Lipinski definition) is 5. The third-order valence-corrected chi connectivity index (χ3v) is 3.79. The van der Waals surface area contributed by atoms with E-state index in [1.807, 2.05) is 0 Å². The molecule has 1 N–H and O–H groups in total. The Morgan fingerprint density at radius 2 is 2.00 bits per heavy atom. The van der Waals surface area contributed by atoms with Crippen LogP contribution in [0.2, 0.25) is 0 Å². The second kappa shape index (κ2) is 6.08. The van der Waals surface area contributed by atoms with E-state index in [0.717, 1.165) is 25.0 Å². The highest BCUT2D eigenvalue weighted by Crippen LogP contribution is 2.32. The average molecular weight is 310 g/mol. The van der Waals surface area contributed by atoms with Gasteiger partial charge in [0.2, 0.25) is 0 Å². The smallest absolute Gasteiger partial charge is 0.331 e. The lowest BCUT2D eigenvalue weighted by molar-refractivity contribution is -0.385. The standard InChI is InChI=1S/C14H15FN2O5/c1-22-13(19)14(6-2-3-7-14)16-12(18)10-5-4-9(15)8-11(10)17(20)21/h4-5,8H,2-3,6-7H2,1H3,(H,16,18). The van der Waals surface area contributed by atoms with Crippen LogP contribution in [0.25, 0.3) is 0 Å². The number of benzene rings is 1. The summed E-state index contributed by atoms with van der Waals surface area (Å²) in [6.45, 7) is 0. The van der Waals surface area contributed by atoms with E-state index in [-0.39, 0.29) is 5.56 Å². The molecule has 1 aliphatic carbocycles. The zero-order valence-corrected chi connectivity index (χ0v) is 11.9. The molecule has 1 fully saturated rings. The van der Waals surface area contributed by atoms with Crippen molar-refractivity contribution in [2.45, 2.75) is 31.2 Å². The van der Waals surface area contributed by atoms with E-state index in [9.17, 15) is 24.1 Å². The van der Waals surface area contributed by atoms with Crippen LogP contribution in [0.4, 0.5) is 10.1 Å². The van der Waals surface area contributed by atoms with Gasteiger partial charge in [-0.1, -0.05) is 12.8 Å². The molecule has 7 nitrogen and oxygen atoms in total. The molecule has 0 heterocycles. The fourth-order valence-electron chi connectivity index (χ4n) is 2.69. The number of nitrogens with zero attached hydrogens (tertiary/aromatic N) is 1. The van der Waals surface area contributed by atoms with Crippen molar-refractivity contribution in [3.8, 4) is 0 Å². The fourth-order valence-corrected chi connectivity index (χ4v) is 2.69. The number of ether oxygens (including phenoxy) is 1. The number of esters is 1. The first-order valence-corrected chi connectivity index (χ1v) is 6.74. The molecule has 0 aliphatic heterocycles. The summed E-state index contributed by atoms with van der Waals surface area (Å²) >= 11 is 0. The molecular formula is C14H15FN2O5. The minimum atomic E-state index is -1.17. The van der Waals surface area contributed by atoms with E-state index in [4.69, 9.17) is 4.74 Å². The molecule has 1 aliphatic rings. The van der Waals surface area contributed by atoms with Gasteiger partial charge in [-0.05, 0) is 25.0 Å². The van der Waals surface area contributed by atoms with Crippen LogP contribution < -0.4 is 5.32 Å². The second-order valence-electron chi connectivity index (χ2n) is 5.15. The molecule has 1 saturated carbocycles. The first kappa shape index (κ1) is 15.9. The van der Waals surface area contributed by atoms with E-state index in [1.165, 1.54) is 7.11 Å². The van der Waals surface area contributed by atoms with Gasteiger partial charge in [0.1, 0.15) is 16.9 Å². The summed E-state index contributed by atoms with van der Waals surface area (Å²) in [7, 11) is 1.22. The fraction of sp³-hybridized carbons (Fsp3) is 0.429. The summed E-state index contributed by atoms with van der Waals surface area (Å²) in [4.78, 5) is 34.4. The van der Waals surface area contributed by atoms with E-state index >= 15 is 0 Å². The summed E-state index contributed by atoms with van der Waals surface area (Å²) in [6, 6.07) is 2.67. The van der Waals surface area contributed by atoms with E-state index < -0.39 is 33.8 Å². The molecule has 22 heavy (non-hydrogen) atoms. The molecule has 0 atom stereocenters. The maximum atomic E-state index is 13.1. The number of methoxy groups -OCH3 is 1. The monoisotopic (exact) mass is 310 g/mol. The Bertz CT molecular complexity index is 626. The molecule has 1 aromatic rings. The van der Waals surface area contributed by atoms with Crippen molar-refractivity contribution in [1.82, 2.24) is 5.32 Å². The van der Waals surface area contributed by atoms with Crippen molar-refractivity contribution in [1.29, 1.82) is 0 Å². The largest absolute Gasteiger partial charge is 0.467 e. The normalized spacial score (nSPS) is 16.1. The number of rotatable bonds is 4. The Kier molecular flexibility index (Phi) is 4.39. The molecule has 2 rings (SSSR count). The molecule has 1 amide bonds. The lowest BCUT2D eigenvalue weighted by Crippen LogP contribution is -2.53. The highest BCUT2D eigenvalue weighted by Gasteiger charge is 2.44. The summed E-state index contributed by atoms with van der Waals surface area (Å²) in [5.74, 6) is -2.19. The van der Waals surface area contributed by atoms with Crippen LogP contribution in [0.3, 0.4) is 0 Å². The molecule has 118 valence electrons. The van der Waals surface area contributed by atoms with Gasteiger partial charge in [-0.25, -0.2) is 9.18 Å². The Morgan fingerprint density at radius 3 is 2.55 bits per heavy atom. The van der Waals surface area contributed by atoms with Crippen LogP contribution in [-0.2, 0) is 9.53 Å². The van der Waals surface area contributed by atoms with Crippen LogP contribution in [0.1, 0.15) is 36.0 Å². The van der Waals surface area contributed by atoms with Crippen LogP contribution >= 0.6 is 0 Å². The maximum absolute atomic E-state index is 13.1. The van der Waals surface area contributed by atoms with E-state index in [1.54, 1.807) is 0 Å². The Balaban J connectivity index is 2.32. The number of halogens is 1. The van der Waals surface area contributed by atoms with Crippen LogP contribution in [0.5, 0.6) is 0 Å².